The number of nitrogens with one attached hydrogen (secondary N) is 1. The van der Waals surface area contributed by atoms with E-state index < -0.39 is 5.97 Å². The molecule has 1 aromatic heterocycles. The monoisotopic (exact) mass is 247 g/mol. The Bertz CT molecular complexity index is 572. The molecule has 96 valence electrons. The van der Waals surface area contributed by atoms with Crippen LogP contribution >= 0.6 is 0 Å². The minimum absolute atomic E-state index is 0.145. The van der Waals surface area contributed by atoms with Gasteiger partial charge in [0.25, 0.3) is 0 Å². The quantitative estimate of drug-likeness (QED) is 0.759. The zero-order chi connectivity index (χ0) is 13.1. The van der Waals surface area contributed by atoms with Crippen LogP contribution in [0.15, 0.2) is 18.3 Å². The third-order valence-electron chi connectivity index (χ3n) is 3.18. The summed E-state index contributed by atoms with van der Waals surface area (Å²) < 4.78 is 0. The topological polar surface area (TPSA) is 73.3 Å². The highest BCUT2D eigenvalue weighted by atomic mass is 16.4. The normalized spacial score (nSPS) is 11.0. The highest BCUT2D eigenvalue weighted by molar-refractivity contribution is 6.03. The van der Waals surface area contributed by atoms with Gasteiger partial charge in [0, 0.05) is 18.2 Å². The Kier molecular flexibility index (Phi) is 3.67. The highest BCUT2D eigenvalue weighted by Gasteiger charge is 2.13. The number of aryl methyl sites for hydroxylation is 2. The van der Waals surface area contributed by atoms with Gasteiger partial charge in [-0.1, -0.05) is 6.92 Å². The van der Waals surface area contributed by atoms with E-state index in [-0.39, 0.29) is 6.61 Å². The molecule has 18 heavy (non-hydrogen) atoms. The van der Waals surface area contributed by atoms with Crippen LogP contribution in [0.3, 0.4) is 0 Å². The van der Waals surface area contributed by atoms with E-state index in [4.69, 9.17) is 5.11 Å². The number of aromatic nitrogens is 1. The molecule has 0 spiro atoms. The number of hydrogen-bond acceptors (Lipinski definition) is 2. The molecule has 0 fully saturated rings. The van der Waals surface area contributed by atoms with Crippen LogP contribution in [0.2, 0.25) is 0 Å². The number of aromatic amines is 1. The third-order valence-corrected chi connectivity index (χ3v) is 3.18. The molecule has 0 saturated heterocycles. The molecule has 4 heteroatoms. The number of rotatable bonds is 5. The van der Waals surface area contributed by atoms with Crippen LogP contribution < -0.4 is 0 Å². The molecule has 2 aromatic rings. The van der Waals surface area contributed by atoms with Crippen molar-refractivity contribution in [1.82, 2.24) is 4.98 Å². The molecular formula is C14H17NO3. The summed E-state index contributed by atoms with van der Waals surface area (Å²) in [6.45, 7) is 2.15. The van der Waals surface area contributed by atoms with E-state index in [1.54, 1.807) is 6.07 Å². The lowest BCUT2D eigenvalue weighted by molar-refractivity contribution is 0.0698. The Balaban J connectivity index is 2.57. The lowest BCUT2D eigenvalue weighted by atomic mass is 10.0. The summed E-state index contributed by atoms with van der Waals surface area (Å²) in [6.07, 6.45) is 4.08. The maximum absolute atomic E-state index is 11.2. The Hall–Kier alpha value is -1.81. The number of carbonyl (C=O) groups is 1. The van der Waals surface area contributed by atoms with Gasteiger partial charge in [-0.15, -0.1) is 0 Å². The molecule has 0 bridgehead atoms. The second-order valence-corrected chi connectivity index (χ2v) is 4.37. The number of hydrogen-bond donors (Lipinski definition) is 3. The number of aliphatic hydroxyl groups is 1. The Morgan fingerprint density at radius 2 is 2.17 bits per heavy atom. The van der Waals surface area contributed by atoms with E-state index >= 15 is 0 Å². The molecule has 3 N–H and O–H groups in total. The molecule has 0 aliphatic rings. The zero-order valence-electron chi connectivity index (χ0n) is 10.4. The second-order valence-electron chi connectivity index (χ2n) is 4.37. The van der Waals surface area contributed by atoms with Crippen LogP contribution in [0.25, 0.3) is 10.9 Å². The zero-order valence-corrected chi connectivity index (χ0v) is 10.4. The lowest BCUT2D eigenvalue weighted by Crippen LogP contribution is -1.99. The average molecular weight is 247 g/mol. The van der Waals surface area contributed by atoms with Crippen LogP contribution in [0, 0.1) is 0 Å². The maximum atomic E-state index is 11.2. The van der Waals surface area contributed by atoms with Gasteiger partial charge in [-0.3, -0.25) is 0 Å². The van der Waals surface area contributed by atoms with Gasteiger partial charge < -0.3 is 15.2 Å². The van der Waals surface area contributed by atoms with Crippen LogP contribution in [-0.4, -0.2) is 27.8 Å². The van der Waals surface area contributed by atoms with Gasteiger partial charge in [0.15, 0.2) is 0 Å². The maximum Gasteiger partial charge on any atom is 0.337 e. The molecule has 0 saturated carbocycles. The van der Waals surface area contributed by atoms with Crippen LogP contribution in [-0.2, 0) is 12.8 Å². The van der Waals surface area contributed by atoms with Crippen molar-refractivity contribution in [2.75, 3.05) is 6.61 Å². The van der Waals surface area contributed by atoms with Gasteiger partial charge in [0.05, 0.1) is 11.1 Å². The summed E-state index contributed by atoms with van der Waals surface area (Å²) in [6, 6.07) is 3.75. The van der Waals surface area contributed by atoms with E-state index in [0.29, 0.717) is 17.5 Å². The number of aliphatic hydroxyl groups excluding tert-OH is 1. The van der Waals surface area contributed by atoms with Crippen molar-refractivity contribution in [3.8, 4) is 0 Å². The Morgan fingerprint density at radius 3 is 2.78 bits per heavy atom. The molecule has 0 atom stereocenters. The van der Waals surface area contributed by atoms with Gasteiger partial charge >= 0.3 is 5.97 Å². The van der Waals surface area contributed by atoms with Crippen molar-refractivity contribution in [3.05, 3.63) is 35.0 Å². The van der Waals surface area contributed by atoms with Gasteiger partial charge in [0.2, 0.25) is 0 Å². The van der Waals surface area contributed by atoms with Crippen molar-refractivity contribution in [1.29, 1.82) is 0 Å². The van der Waals surface area contributed by atoms with Gasteiger partial charge in [-0.2, -0.15) is 0 Å². The van der Waals surface area contributed by atoms with Crippen molar-refractivity contribution in [3.63, 3.8) is 0 Å². The van der Waals surface area contributed by atoms with Gasteiger partial charge in [-0.25, -0.2) is 4.79 Å². The van der Waals surface area contributed by atoms with Crippen molar-refractivity contribution in [2.24, 2.45) is 0 Å². The number of aromatic carboxylic acids is 1. The number of fused-ring (bicyclic) bond motifs is 1. The fourth-order valence-corrected chi connectivity index (χ4v) is 2.20. The van der Waals surface area contributed by atoms with Crippen LogP contribution in [0.5, 0.6) is 0 Å². The first-order valence-electron chi connectivity index (χ1n) is 6.14. The first kappa shape index (κ1) is 12.6. The third kappa shape index (κ3) is 2.24. The second kappa shape index (κ2) is 5.23. The van der Waals surface area contributed by atoms with Crippen LogP contribution in [0.1, 0.15) is 34.8 Å². The smallest absolute Gasteiger partial charge is 0.337 e. The van der Waals surface area contributed by atoms with Crippen molar-refractivity contribution < 1.29 is 15.0 Å². The Morgan fingerprint density at radius 1 is 1.39 bits per heavy atom. The first-order chi connectivity index (χ1) is 8.67. The molecule has 4 nitrogen and oxygen atoms in total. The minimum atomic E-state index is -0.911. The lowest BCUT2D eigenvalue weighted by Gasteiger charge is -2.04. The van der Waals surface area contributed by atoms with Crippen molar-refractivity contribution >= 4 is 16.9 Å². The summed E-state index contributed by atoms with van der Waals surface area (Å²) >= 11 is 0. The molecule has 0 amide bonds. The van der Waals surface area contributed by atoms with Gasteiger partial charge in [-0.05, 0) is 42.5 Å². The molecule has 0 aliphatic heterocycles. The molecular weight excluding hydrogens is 230 g/mol. The van der Waals surface area contributed by atoms with E-state index in [1.165, 1.54) is 0 Å². The predicted octanol–water partition coefficient (Wildman–Crippen LogP) is 2.35. The van der Waals surface area contributed by atoms with Crippen LogP contribution in [0.4, 0.5) is 0 Å². The average Bonchev–Trinajstić information content (AvgIpc) is 2.77. The number of benzene rings is 1. The predicted molar refractivity (Wildman–Crippen MR) is 70.0 cm³/mol. The summed E-state index contributed by atoms with van der Waals surface area (Å²) in [4.78, 5) is 14.3. The van der Waals surface area contributed by atoms with E-state index in [0.717, 1.165) is 29.4 Å². The summed E-state index contributed by atoms with van der Waals surface area (Å²) in [5, 5.41) is 19.1. The molecule has 2 rings (SSSR count). The molecule has 0 unspecified atom stereocenters. The standard InChI is InChI=1S/C14H17NO3/c1-2-9-6-11-10(4-3-5-16)8-15-13(11)12(7-9)14(17)18/h6-8,15-16H,2-5H2,1H3,(H,17,18). The molecule has 1 heterocycles. The summed E-state index contributed by atoms with van der Waals surface area (Å²) in [5.74, 6) is -0.911. The number of carboxylic acid groups (broad SMARTS) is 1. The molecule has 0 radical (unpaired) electrons. The van der Waals surface area contributed by atoms with Crippen molar-refractivity contribution in [2.45, 2.75) is 26.2 Å². The first-order valence-corrected chi connectivity index (χ1v) is 6.14. The van der Waals surface area contributed by atoms with Gasteiger partial charge in [0.1, 0.15) is 0 Å². The Labute approximate surface area is 105 Å². The fraction of sp³-hybridized carbons (Fsp3) is 0.357. The number of H-pyrrole nitrogens is 1. The van der Waals surface area contributed by atoms with E-state index in [2.05, 4.69) is 4.98 Å². The number of carboxylic acids is 1. The van der Waals surface area contributed by atoms with E-state index in [1.807, 2.05) is 19.2 Å². The minimum Gasteiger partial charge on any atom is -0.478 e. The van der Waals surface area contributed by atoms with E-state index in [9.17, 15) is 9.90 Å². The highest BCUT2D eigenvalue weighted by Crippen LogP contribution is 2.25. The molecule has 0 aliphatic carbocycles. The SMILES string of the molecule is CCc1cc(C(=O)O)c2[nH]cc(CCCO)c2c1. The molecule has 1 aromatic carbocycles. The fourth-order valence-electron chi connectivity index (χ4n) is 2.20. The summed E-state index contributed by atoms with van der Waals surface area (Å²) in [7, 11) is 0. The summed E-state index contributed by atoms with van der Waals surface area (Å²) in [5.41, 5.74) is 3.08. The largest absolute Gasteiger partial charge is 0.478 e.